The molecule has 0 aliphatic carbocycles. The molecule has 140 valence electrons. The van der Waals surface area contributed by atoms with Crippen molar-refractivity contribution in [3.63, 3.8) is 0 Å². The second-order valence-electron chi connectivity index (χ2n) is 7.54. The summed E-state index contributed by atoms with van der Waals surface area (Å²) in [6, 6.07) is 14.6. The number of pyridine rings is 1. The molecule has 0 bridgehead atoms. The average Bonchev–Trinajstić information content (AvgIpc) is 3.23. The molecular formula is C22H23BN4O. The topological polar surface area (TPSA) is 35.8 Å². The number of hydrazine groups is 1. The van der Waals surface area contributed by atoms with Crippen molar-refractivity contribution in [1.82, 2.24) is 14.9 Å². The van der Waals surface area contributed by atoms with Gasteiger partial charge < -0.3 is 14.2 Å². The Labute approximate surface area is 165 Å². The second-order valence-corrected chi connectivity index (χ2v) is 7.54. The van der Waals surface area contributed by atoms with Crippen LogP contribution in [0.15, 0.2) is 65.0 Å². The molecule has 2 aliphatic rings. The highest BCUT2D eigenvalue weighted by Gasteiger charge is 2.38. The molecule has 0 N–H and O–H groups in total. The number of rotatable bonds is 2. The third kappa shape index (κ3) is 2.44. The lowest BCUT2D eigenvalue weighted by molar-refractivity contribution is 0.121. The van der Waals surface area contributed by atoms with Gasteiger partial charge in [0.15, 0.2) is 0 Å². The van der Waals surface area contributed by atoms with Gasteiger partial charge in [-0.05, 0) is 51.1 Å². The normalized spacial score (nSPS) is 18.9. The van der Waals surface area contributed by atoms with Crippen LogP contribution in [0.3, 0.4) is 0 Å². The van der Waals surface area contributed by atoms with Crippen molar-refractivity contribution in [3.8, 4) is 0 Å². The molecule has 4 heterocycles. The number of anilines is 1. The minimum atomic E-state index is 0.0809. The van der Waals surface area contributed by atoms with E-state index in [-0.39, 0.29) is 13.0 Å². The quantitative estimate of drug-likeness (QED) is 0.632. The highest BCUT2D eigenvalue weighted by molar-refractivity contribution is 6.70. The molecule has 2 aliphatic heterocycles. The first-order valence-corrected chi connectivity index (χ1v) is 9.72. The molecule has 0 spiro atoms. The number of hydrogen-bond acceptors (Lipinski definition) is 5. The Balaban J connectivity index is 1.51. The summed E-state index contributed by atoms with van der Waals surface area (Å²) < 4.78 is 6.21. The summed E-state index contributed by atoms with van der Waals surface area (Å²) >= 11 is 0. The molecule has 5 rings (SSSR count). The summed E-state index contributed by atoms with van der Waals surface area (Å²) in [6.07, 6.45) is 6.66. The molecule has 2 aromatic heterocycles. The predicted molar refractivity (Wildman–Crippen MR) is 115 cm³/mol. The molecule has 0 unspecified atom stereocenters. The van der Waals surface area contributed by atoms with E-state index in [4.69, 9.17) is 4.42 Å². The van der Waals surface area contributed by atoms with Crippen LogP contribution in [0.25, 0.3) is 17.2 Å². The number of fused-ring (bicyclic) bond motifs is 3. The van der Waals surface area contributed by atoms with Gasteiger partial charge in [0.1, 0.15) is 11.8 Å². The Kier molecular flexibility index (Phi) is 3.76. The summed E-state index contributed by atoms with van der Waals surface area (Å²) in [5.74, 6) is 0. The smallest absolute Gasteiger partial charge is 0.353 e. The van der Waals surface area contributed by atoms with Crippen molar-refractivity contribution in [1.29, 1.82) is 0 Å². The van der Waals surface area contributed by atoms with Crippen molar-refractivity contribution >= 4 is 35.4 Å². The Bertz CT molecular complexity index is 1100. The van der Waals surface area contributed by atoms with Crippen LogP contribution in [-0.2, 0) is 0 Å². The fraction of sp³-hybridized carbons (Fsp3) is 0.227. The minimum Gasteiger partial charge on any atom is -0.450 e. The van der Waals surface area contributed by atoms with E-state index >= 15 is 0 Å². The SMILES string of the molecule is CB1c2oc3nc(C)ccc3c2C=C(C)N1N1C=CN(c2ccccc2)[C@@H]1C. The first kappa shape index (κ1) is 17.0. The largest absolute Gasteiger partial charge is 0.450 e. The summed E-state index contributed by atoms with van der Waals surface area (Å²) in [7, 11) is 0. The van der Waals surface area contributed by atoms with Crippen LogP contribution in [0.2, 0.25) is 6.82 Å². The van der Waals surface area contributed by atoms with Crippen LogP contribution < -0.4 is 10.6 Å². The van der Waals surface area contributed by atoms with Gasteiger partial charge in [0, 0.05) is 40.4 Å². The molecule has 0 radical (unpaired) electrons. The van der Waals surface area contributed by atoms with Gasteiger partial charge in [-0.15, -0.1) is 0 Å². The molecule has 0 fully saturated rings. The molecule has 5 nitrogen and oxygen atoms in total. The van der Waals surface area contributed by atoms with Crippen LogP contribution in [0.5, 0.6) is 0 Å². The number of hydrogen-bond donors (Lipinski definition) is 0. The van der Waals surface area contributed by atoms with E-state index in [1.54, 1.807) is 0 Å². The lowest BCUT2D eigenvalue weighted by atomic mass is 9.58. The lowest BCUT2D eigenvalue weighted by Crippen LogP contribution is -2.57. The average molecular weight is 370 g/mol. The van der Waals surface area contributed by atoms with Crippen LogP contribution in [0.1, 0.15) is 25.1 Å². The van der Waals surface area contributed by atoms with Crippen molar-refractivity contribution in [2.75, 3.05) is 4.90 Å². The van der Waals surface area contributed by atoms with Gasteiger partial charge in [-0.1, -0.05) is 25.0 Å². The van der Waals surface area contributed by atoms with Gasteiger partial charge in [0.05, 0.1) is 0 Å². The zero-order valence-electron chi connectivity index (χ0n) is 16.6. The Morgan fingerprint density at radius 2 is 1.82 bits per heavy atom. The molecule has 0 amide bonds. The standard InChI is InChI=1S/C22H23BN4O/c1-15-10-11-19-20-14-16(2)27(23(4)21(20)28-22(19)24-15)26-13-12-25(17(26)3)18-8-6-5-7-9-18/h5-14,17H,1-4H3/t17-/m0/s1. The summed E-state index contributed by atoms with van der Waals surface area (Å²) in [4.78, 5) is 9.16. The number of nitrogens with zero attached hydrogens (tertiary/aromatic N) is 4. The van der Waals surface area contributed by atoms with Gasteiger partial charge >= 0.3 is 6.85 Å². The van der Waals surface area contributed by atoms with Crippen molar-refractivity contribution in [2.45, 2.75) is 33.8 Å². The van der Waals surface area contributed by atoms with Crippen molar-refractivity contribution < 1.29 is 4.42 Å². The highest BCUT2D eigenvalue weighted by Crippen LogP contribution is 2.32. The molecule has 1 aromatic carbocycles. The maximum atomic E-state index is 6.21. The van der Waals surface area contributed by atoms with Crippen molar-refractivity contribution in [2.24, 2.45) is 0 Å². The number of para-hydroxylation sites is 1. The fourth-order valence-corrected chi connectivity index (χ4v) is 4.31. The molecule has 3 aromatic rings. The summed E-state index contributed by atoms with van der Waals surface area (Å²) in [5.41, 5.74) is 6.19. The van der Waals surface area contributed by atoms with Crippen LogP contribution in [-0.4, -0.2) is 27.9 Å². The predicted octanol–water partition coefficient (Wildman–Crippen LogP) is 4.20. The van der Waals surface area contributed by atoms with Crippen LogP contribution >= 0.6 is 0 Å². The molecule has 0 saturated heterocycles. The van der Waals surface area contributed by atoms with E-state index in [9.17, 15) is 0 Å². The van der Waals surface area contributed by atoms with E-state index in [2.05, 4.69) is 89.3 Å². The molecule has 1 atom stereocenters. The monoisotopic (exact) mass is 370 g/mol. The third-order valence-corrected chi connectivity index (χ3v) is 5.69. The van der Waals surface area contributed by atoms with E-state index in [1.807, 2.05) is 19.1 Å². The Morgan fingerprint density at radius 1 is 1.04 bits per heavy atom. The van der Waals surface area contributed by atoms with E-state index in [0.29, 0.717) is 0 Å². The fourth-order valence-electron chi connectivity index (χ4n) is 4.31. The number of aromatic nitrogens is 1. The maximum absolute atomic E-state index is 6.21. The van der Waals surface area contributed by atoms with E-state index < -0.39 is 0 Å². The second kappa shape index (κ2) is 6.19. The minimum absolute atomic E-state index is 0.0809. The van der Waals surface area contributed by atoms with Crippen LogP contribution in [0.4, 0.5) is 5.69 Å². The number of allylic oxidation sites excluding steroid dienone is 1. The number of aryl methyl sites for hydroxylation is 1. The van der Waals surface area contributed by atoms with Gasteiger partial charge in [-0.3, -0.25) is 5.01 Å². The van der Waals surface area contributed by atoms with Gasteiger partial charge in [-0.25, -0.2) is 4.98 Å². The first-order valence-electron chi connectivity index (χ1n) is 9.72. The number of furan rings is 1. The van der Waals surface area contributed by atoms with E-state index in [1.165, 1.54) is 11.4 Å². The zero-order valence-corrected chi connectivity index (χ0v) is 16.6. The zero-order chi connectivity index (χ0) is 19.4. The van der Waals surface area contributed by atoms with Gasteiger partial charge in [0.25, 0.3) is 0 Å². The molecule has 6 heteroatoms. The Hall–Kier alpha value is -3.15. The first-order chi connectivity index (χ1) is 13.5. The summed E-state index contributed by atoms with van der Waals surface area (Å²) in [5, 5.41) is 3.36. The summed E-state index contributed by atoms with van der Waals surface area (Å²) in [6.45, 7) is 8.64. The molecule has 0 saturated carbocycles. The van der Waals surface area contributed by atoms with Crippen molar-refractivity contribution in [3.05, 3.63) is 71.8 Å². The highest BCUT2D eigenvalue weighted by atomic mass is 16.3. The Morgan fingerprint density at radius 3 is 2.61 bits per heavy atom. The lowest BCUT2D eigenvalue weighted by Gasteiger charge is -2.43. The van der Waals surface area contributed by atoms with Gasteiger partial charge in [-0.2, -0.15) is 0 Å². The third-order valence-electron chi connectivity index (χ3n) is 5.69. The van der Waals surface area contributed by atoms with Gasteiger partial charge in [0.2, 0.25) is 5.71 Å². The van der Waals surface area contributed by atoms with E-state index in [0.717, 1.165) is 28.0 Å². The number of benzene rings is 1. The van der Waals surface area contributed by atoms with Crippen LogP contribution in [0, 0.1) is 6.92 Å². The maximum Gasteiger partial charge on any atom is 0.353 e. The molecule has 28 heavy (non-hydrogen) atoms. The molecular weight excluding hydrogens is 347 g/mol.